The summed E-state index contributed by atoms with van der Waals surface area (Å²) in [6.45, 7) is 0. The van der Waals surface area contributed by atoms with Crippen molar-refractivity contribution in [3.63, 3.8) is 0 Å². The third-order valence-corrected chi connectivity index (χ3v) is 2.96. The fraction of sp³-hybridized carbons (Fsp3) is 0.500. The van der Waals surface area contributed by atoms with Gasteiger partial charge in [0.25, 0.3) is 0 Å². The first-order valence-electron chi connectivity index (χ1n) is 5.36. The quantitative estimate of drug-likeness (QED) is 0.711. The van der Waals surface area contributed by atoms with Crippen molar-refractivity contribution in [2.24, 2.45) is 5.92 Å². The number of hydrogen-bond acceptors (Lipinski definition) is 3. The SMILES string of the molecule is COc1ncccc1C(=O)C1CCCC1. The first-order valence-corrected chi connectivity index (χ1v) is 5.36. The maximum absolute atomic E-state index is 12.1. The van der Waals surface area contributed by atoms with Gasteiger partial charge in [-0.3, -0.25) is 4.79 Å². The van der Waals surface area contributed by atoms with E-state index >= 15 is 0 Å². The Hall–Kier alpha value is -1.38. The van der Waals surface area contributed by atoms with Crippen molar-refractivity contribution >= 4 is 5.78 Å². The molecule has 15 heavy (non-hydrogen) atoms. The van der Waals surface area contributed by atoms with Crippen LogP contribution < -0.4 is 4.74 Å². The van der Waals surface area contributed by atoms with E-state index in [0.717, 1.165) is 12.8 Å². The molecule has 3 heteroatoms. The van der Waals surface area contributed by atoms with Crippen LogP contribution in [0.4, 0.5) is 0 Å². The van der Waals surface area contributed by atoms with E-state index in [4.69, 9.17) is 4.74 Å². The molecule has 0 bridgehead atoms. The Morgan fingerprint density at radius 3 is 2.87 bits per heavy atom. The first-order chi connectivity index (χ1) is 7.33. The van der Waals surface area contributed by atoms with E-state index in [-0.39, 0.29) is 11.7 Å². The van der Waals surface area contributed by atoms with Crippen LogP contribution >= 0.6 is 0 Å². The number of aromatic nitrogens is 1. The fourth-order valence-electron chi connectivity index (χ4n) is 2.15. The Morgan fingerprint density at radius 1 is 1.47 bits per heavy atom. The van der Waals surface area contributed by atoms with Crippen LogP contribution in [-0.4, -0.2) is 17.9 Å². The lowest BCUT2D eigenvalue weighted by Gasteiger charge is -2.10. The topological polar surface area (TPSA) is 39.2 Å². The van der Waals surface area contributed by atoms with Gasteiger partial charge in [-0.05, 0) is 25.0 Å². The average Bonchev–Trinajstić information content (AvgIpc) is 2.81. The molecular weight excluding hydrogens is 190 g/mol. The van der Waals surface area contributed by atoms with Gasteiger partial charge >= 0.3 is 0 Å². The summed E-state index contributed by atoms with van der Waals surface area (Å²) in [5.74, 6) is 0.829. The zero-order valence-electron chi connectivity index (χ0n) is 8.90. The highest BCUT2D eigenvalue weighted by molar-refractivity contribution is 5.99. The molecule has 0 aliphatic heterocycles. The number of methoxy groups -OCH3 is 1. The van der Waals surface area contributed by atoms with Crippen molar-refractivity contribution in [2.75, 3.05) is 7.11 Å². The second kappa shape index (κ2) is 4.43. The number of carbonyl (C=O) groups excluding carboxylic acids is 1. The molecule has 1 saturated carbocycles. The number of ether oxygens (including phenoxy) is 1. The molecule has 0 saturated heterocycles. The van der Waals surface area contributed by atoms with E-state index < -0.39 is 0 Å². The van der Waals surface area contributed by atoms with Gasteiger partial charge in [0.15, 0.2) is 5.78 Å². The Kier molecular flexibility index (Phi) is 2.99. The number of hydrogen-bond donors (Lipinski definition) is 0. The van der Waals surface area contributed by atoms with Gasteiger partial charge in [-0.1, -0.05) is 12.8 Å². The molecule has 0 amide bonds. The summed E-state index contributed by atoms with van der Waals surface area (Å²) < 4.78 is 5.09. The fourth-order valence-corrected chi connectivity index (χ4v) is 2.15. The second-order valence-corrected chi connectivity index (χ2v) is 3.91. The van der Waals surface area contributed by atoms with E-state index in [1.54, 1.807) is 25.4 Å². The van der Waals surface area contributed by atoms with E-state index in [2.05, 4.69) is 4.98 Å². The van der Waals surface area contributed by atoms with Crippen molar-refractivity contribution in [2.45, 2.75) is 25.7 Å². The molecule has 80 valence electrons. The second-order valence-electron chi connectivity index (χ2n) is 3.91. The van der Waals surface area contributed by atoms with Gasteiger partial charge in [0.2, 0.25) is 5.88 Å². The van der Waals surface area contributed by atoms with E-state index in [0.29, 0.717) is 11.4 Å². The monoisotopic (exact) mass is 205 g/mol. The number of carbonyl (C=O) groups is 1. The van der Waals surface area contributed by atoms with Crippen molar-refractivity contribution in [3.05, 3.63) is 23.9 Å². The van der Waals surface area contributed by atoms with Gasteiger partial charge < -0.3 is 4.74 Å². The Morgan fingerprint density at radius 2 is 2.20 bits per heavy atom. The molecule has 3 nitrogen and oxygen atoms in total. The lowest BCUT2D eigenvalue weighted by molar-refractivity contribution is 0.0919. The van der Waals surface area contributed by atoms with Crippen molar-refractivity contribution in [1.82, 2.24) is 4.98 Å². The maximum Gasteiger partial charge on any atom is 0.224 e. The molecule has 1 aromatic rings. The van der Waals surface area contributed by atoms with Gasteiger partial charge in [0, 0.05) is 12.1 Å². The van der Waals surface area contributed by atoms with Crippen molar-refractivity contribution < 1.29 is 9.53 Å². The largest absolute Gasteiger partial charge is 0.480 e. The zero-order valence-corrected chi connectivity index (χ0v) is 8.90. The summed E-state index contributed by atoms with van der Waals surface area (Å²) in [4.78, 5) is 16.2. The van der Waals surface area contributed by atoms with Gasteiger partial charge in [-0.2, -0.15) is 0 Å². The van der Waals surface area contributed by atoms with Crippen molar-refractivity contribution in [3.8, 4) is 5.88 Å². The van der Waals surface area contributed by atoms with Crippen LogP contribution in [0.2, 0.25) is 0 Å². The number of nitrogens with zero attached hydrogens (tertiary/aromatic N) is 1. The van der Waals surface area contributed by atoms with Crippen LogP contribution in [0.1, 0.15) is 36.0 Å². The van der Waals surface area contributed by atoms with E-state index in [9.17, 15) is 4.79 Å². The predicted octanol–water partition coefficient (Wildman–Crippen LogP) is 2.46. The lowest BCUT2D eigenvalue weighted by atomic mass is 9.97. The molecule has 0 N–H and O–H groups in total. The number of pyridine rings is 1. The Bertz CT molecular complexity index is 356. The van der Waals surface area contributed by atoms with Crippen LogP contribution in [0.3, 0.4) is 0 Å². The molecule has 1 aliphatic rings. The molecule has 1 aliphatic carbocycles. The summed E-state index contributed by atoms with van der Waals surface area (Å²) in [5.41, 5.74) is 0.631. The first kappa shape index (κ1) is 10.1. The normalized spacial score (nSPS) is 16.6. The molecule has 0 atom stereocenters. The molecule has 0 aromatic carbocycles. The average molecular weight is 205 g/mol. The molecular formula is C12H15NO2. The summed E-state index contributed by atoms with van der Waals surface area (Å²) in [5, 5.41) is 0. The summed E-state index contributed by atoms with van der Waals surface area (Å²) in [7, 11) is 1.55. The summed E-state index contributed by atoms with van der Waals surface area (Å²) in [6.07, 6.45) is 6.00. The molecule has 0 unspecified atom stereocenters. The molecule has 1 fully saturated rings. The number of rotatable bonds is 3. The van der Waals surface area contributed by atoms with Gasteiger partial charge in [0.1, 0.15) is 0 Å². The van der Waals surface area contributed by atoms with Crippen LogP contribution in [-0.2, 0) is 0 Å². The molecule has 1 heterocycles. The number of ketones is 1. The summed E-state index contributed by atoms with van der Waals surface area (Å²) in [6, 6.07) is 3.58. The standard InChI is InChI=1S/C12H15NO2/c1-15-12-10(7-4-8-13-12)11(14)9-5-2-3-6-9/h4,7-9H,2-3,5-6H2,1H3. The maximum atomic E-state index is 12.1. The van der Waals surface area contributed by atoms with Crippen molar-refractivity contribution in [1.29, 1.82) is 0 Å². The predicted molar refractivity (Wildman–Crippen MR) is 57.1 cm³/mol. The highest BCUT2D eigenvalue weighted by Crippen LogP contribution is 2.30. The van der Waals surface area contributed by atoms with E-state index in [1.807, 2.05) is 0 Å². The Labute approximate surface area is 89.5 Å². The van der Waals surface area contributed by atoms with E-state index in [1.165, 1.54) is 12.8 Å². The molecule has 2 rings (SSSR count). The van der Waals surface area contributed by atoms with Crippen LogP contribution in [0.5, 0.6) is 5.88 Å². The third kappa shape index (κ3) is 2.01. The van der Waals surface area contributed by atoms with Gasteiger partial charge in [-0.15, -0.1) is 0 Å². The minimum atomic E-state index is 0.183. The summed E-state index contributed by atoms with van der Waals surface area (Å²) >= 11 is 0. The Balaban J connectivity index is 2.24. The smallest absolute Gasteiger partial charge is 0.224 e. The van der Waals surface area contributed by atoms with Gasteiger partial charge in [-0.25, -0.2) is 4.98 Å². The number of Topliss-reactive ketones (excluding diaryl/α,β-unsaturated/α-hetero) is 1. The highest BCUT2D eigenvalue weighted by Gasteiger charge is 2.26. The third-order valence-electron chi connectivity index (χ3n) is 2.96. The van der Waals surface area contributed by atoms with Crippen LogP contribution in [0.15, 0.2) is 18.3 Å². The van der Waals surface area contributed by atoms with Crippen LogP contribution in [0, 0.1) is 5.92 Å². The molecule has 0 spiro atoms. The molecule has 0 radical (unpaired) electrons. The zero-order chi connectivity index (χ0) is 10.7. The molecule has 1 aromatic heterocycles. The van der Waals surface area contributed by atoms with Crippen LogP contribution in [0.25, 0.3) is 0 Å². The minimum Gasteiger partial charge on any atom is -0.480 e. The minimum absolute atomic E-state index is 0.183. The highest BCUT2D eigenvalue weighted by atomic mass is 16.5. The van der Waals surface area contributed by atoms with Gasteiger partial charge in [0.05, 0.1) is 12.7 Å². The lowest BCUT2D eigenvalue weighted by Crippen LogP contribution is -2.12.